The van der Waals surface area contributed by atoms with Crippen molar-refractivity contribution in [1.82, 2.24) is 5.32 Å². The molecule has 0 radical (unpaired) electrons. The van der Waals surface area contributed by atoms with Crippen molar-refractivity contribution >= 4 is 0 Å². The Morgan fingerprint density at radius 1 is 1.25 bits per heavy atom. The zero-order valence-electron chi connectivity index (χ0n) is 10.4. The van der Waals surface area contributed by atoms with Crippen LogP contribution in [0.15, 0.2) is 30.3 Å². The van der Waals surface area contributed by atoms with Crippen LogP contribution < -0.4 is 5.32 Å². The molecule has 0 saturated carbocycles. The molecule has 0 fully saturated rings. The highest BCUT2D eigenvalue weighted by molar-refractivity contribution is 5.13. The highest BCUT2D eigenvalue weighted by atomic mass is 16.5. The molecule has 0 aliphatic carbocycles. The molecule has 2 nitrogen and oxygen atoms in total. The molecule has 0 aromatic heterocycles. The van der Waals surface area contributed by atoms with E-state index in [1.54, 1.807) is 0 Å². The second-order valence-corrected chi connectivity index (χ2v) is 4.31. The molecule has 1 N–H and O–H groups in total. The molecule has 0 spiro atoms. The van der Waals surface area contributed by atoms with Crippen molar-refractivity contribution < 1.29 is 4.74 Å². The zero-order valence-corrected chi connectivity index (χ0v) is 10.4. The average Bonchev–Trinajstić information content (AvgIpc) is 2.31. The molecule has 0 bridgehead atoms. The van der Waals surface area contributed by atoms with E-state index >= 15 is 0 Å². The van der Waals surface area contributed by atoms with Gasteiger partial charge >= 0.3 is 0 Å². The zero-order chi connectivity index (χ0) is 11.6. The van der Waals surface area contributed by atoms with Gasteiger partial charge < -0.3 is 10.1 Å². The van der Waals surface area contributed by atoms with Crippen LogP contribution in [-0.2, 0) is 11.3 Å². The molecule has 0 amide bonds. The van der Waals surface area contributed by atoms with Gasteiger partial charge in [-0.3, -0.25) is 0 Å². The van der Waals surface area contributed by atoms with Gasteiger partial charge in [0, 0.05) is 0 Å². The molecule has 1 atom stereocenters. The maximum Gasteiger partial charge on any atom is 0.0717 e. The van der Waals surface area contributed by atoms with E-state index in [-0.39, 0.29) is 0 Å². The number of rotatable bonds is 8. The topological polar surface area (TPSA) is 21.3 Å². The average molecular weight is 221 g/mol. The lowest BCUT2D eigenvalue weighted by atomic mass is 10.2. The van der Waals surface area contributed by atoms with Crippen molar-refractivity contribution in [2.24, 2.45) is 5.92 Å². The summed E-state index contributed by atoms with van der Waals surface area (Å²) in [5, 5.41) is 3.40. The van der Waals surface area contributed by atoms with Crippen molar-refractivity contribution in [2.45, 2.75) is 26.9 Å². The van der Waals surface area contributed by atoms with E-state index in [9.17, 15) is 0 Å². The van der Waals surface area contributed by atoms with Crippen LogP contribution in [-0.4, -0.2) is 19.7 Å². The lowest BCUT2D eigenvalue weighted by Gasteiger charge is -2.12. The van der Waals surface area contributed by atoms with Crippen molar-refractivity contribution in [3.8, 4) is 0 Å². The first kappa shape index (κ1) is 13.2. The van der Waals surface area contributed by atoms with Crippen LogP contribution in [0.4, 0.5) is 0 Å². The maximum absolute atomic E-state index is 5.67. The summed E-state index contributed by atoms with van der Waals surface area (Å²) < 4.78 is 5.67. The Hall–Kier alpha value is -0.860. The third kappa shape index (κ3) is 5.89. The summed E-state index contributed by atoms with van der Waals surface area (Å²) in [6.45, 7) is 8.09. The van der Waals surface area contributed by atoms with E-state index in [0.717, 1.165) is 26.3 Å². The van der Waals surface area contributed by atoms with Crippen LogP contribution in [0, 0.1) is 5.92 Å². The Morgan fingerprint density at radius 2 is 2.00 bits per heavy atom. The molecule has 1 aromatic rings. The predicted octanol–water partition coefficient (Wildman–Crippen LogP) is 2.84. The van der Waals surface area contributed by atoms with Crippen LogP contribution in [0.2, 0.25) is 0 Å². The molecule has 2 heteroatoms. The molecule has 0 heterocycles. The van der Waals surface area contributed by atoms with Crippen molar-refractivity contribution in [2.75, 3.05) is 19.7 Å². The summed E-state index contributed by atoms with van der Waals surface area (Å²) in [5.74, 6) is 0.579. The fourth-order valence-electron chi connectivity index (χ4n) is 1.54. The Balaban J connectivity index is 2.06. The number of ether oxygens (including phenoxy) is 1. The molecular formula is C14H23NO. The molecule has 0 aliphatic heterocycles. The quantitative estimate of drug-likeness (QED) is 0.682. The number of nitrogens with one attached hydrogen (secondary N) is 1. The van der Waals surface area contributed by atoms with Gasteiger partial charge in [-0.15, -0.1) is 0 Å². The van der Waals surface area contributed by atoms with Crippen molar-refractivity contribution in [1.29, 1.82) is 0 Å². The predicted molar refractivity (Wildman–Crippen MR) is 68.4 cm³/mol. The Bertz CT molecular complexity index is 261. The van der Waals surface area contributed by atoms with Gasteiger partial charge in [0.1, 0.15) is 0 Å². The Kier molecular flexibility index (Phi) is 6.86. The summed E-state index contributed by atoms with van der Waals surface area (Å²) in [4.78, 5) is 0. The fourth-order valence-corrected chi connectivity index (χ4v) is 1.54. The minimum atomic E-state index is 0.579. The van der Waals surface area contributed by atoms with Crippen molar-refractivity contribution in [3.05, 3.63) is 35.9 Å². The van der Waals surface area contributed by atoms with E-state index in [4.69, 9.17) is 4.74 Å². The number of benzene rings is 1. The number of hydrogen-bond donors (Lipinski definition) is 1. The molecule has 1 aromatic carbocycles. The number of hydrogen-bond acceptors (Lipinski definition) is 2. The third-order valence-electron chi connectivity index (χ3n) is 2.43. The molecular weight excluding hydrogens is 198 g/mol. The van der Waals surface area contributed by atoms with Gasteiger partial charge in [-0.2, -0.15) is 0 Å². The van der Waals surface area contributed by atoms with Crippen LogP contribution in [0.25, 0.3) is 0 Å². The molecule has 1 unspecified atom stereocenters. The lowest BCUT2D eigenvalue weighted by molar-refractivity contribution is 0.0919. The minimum Gasteiger partial charge on any atom is -0.376 e. The Morgan fingerprint density at radius 3 is 2.69 bits per heavy atom. The summed E-state index contributed by atoms with van der Waals surface area (Å²) in [6, 6.07) is 10.3. The highest BCUT2D eigenvalue weighted by Crippen LogP contribution is 2.02. The van der Waals surface area contributed by atoms with Crippen LogP contribution >= 0.6 is 0 Å². The van der Waals surface area contributed by atoms with E-state index in [1.165, 1.54) is 12.0 Å². The highest BCUT2D eigenvalue weighted by Gasteiger charge is 2.01. The standard InChI is InChI=1S/C14H23NO/c1-3-9-15-10-13(2)11-16-12-14-7-5-4-6-8-14/h4-8,13,15H,3,9-12H2,1-2H3. The van der Waals surface area contributed by atoms with E-state index < -0.39 is 0 Å². The molecule has 0 saturated heterocycles. The van der Waals surface area contributed by atoms with Gasteiger partial charge in [0.05, 0.1) is 13.2 Å². The van der Waals surface area contributed by atoms with Gasteiger partial charge in [-0.05, 0) is 31.0 Å². The first-order valence-corrected chi connectivity index (χ1v) is 6.15. The molecule has 0 aliphatic rings. The van der Waals surface area contributed by atoms with E-state index in [1.807, 2.05) is 18.2 Å². The molecule has 16 heavy (non-hydrogen) atoms. The lowest BCUT2D eigenvalue weighted by Crippen LogP contribution is -2.24. The first-order valence-electron chi connectivity index (χ1n) is 6.15. The Labute approximate surface area is 99.0 Å². The smallest absolute Gasteiger partial charge is 0.0717 e. The van der Waals surface area contributed by atoms with Crippen LogP contribution in [0.3, 0.4) is 0 Å². The summed E-state index contributed by atoms with van der Waals surface area (Å²) in [5.41, 5.74) is 1.25. The summed E-state index contributed by atoms with van der Waals surface area (Å²) in [6.07, 6.45) is 1.19. The SMILES string of the molecule is CCCNCC(C)COCc1ccccc1. The monoisotopic (exact) mass is 221 g/mol. The van der Waals surface area contributed by atoms with E-state index in [0.29, 0.717) is 5.92 Å². The second-order valence-electron chi connectivity index (χ2n) is 4.31. The minimum absolute atomic E-state index is 0.579. The first-order chi connectivity index (χ1) is 7.83. The molecule has 1 rings (SSSR count). The van der Waals surface area contributed by atoms with Crippen molar-refractivity contribution in [3.63, 3.8) is 0 Å². The van der Waals surface area contributed by atoms with Crippen LogP contribution in [0.1, 0.15) is 25.8 Å². The normalized spacial score (nSPS) is 12.6. The summed E-state index contributed by atoms with van der Waals surface area (Å²) >= 11 is 0. The van der Waals surface area contributed by atoms with E-state index in [2.05, 4.69) is 31.3 Å². The van der Waals surface area contributed by atoms with Crippen LogP contribution in [0.5, 0.6) is 0 Å². The van der Waals surface area contributed by atoms with Gasteiger partial charge in [0.15, 0.2) is 0 Å². The third-order valence-corrected chi connectivity index (χ3v) is 2.43. The maximum atomic E-state index is 5.67. The largest absolute Gasteiger partial charge is 0.376 e. The second kappa shape index (κ2) is 8.31. The van der Waals surface area contributed by atoms with Gasteiger partial charge in [-0.25, -0.2) is 0 Å². The van der Waals surface area contributed by atoms with Gasteiger partial charge in [0.25, 0.3) is 0 Å². The van der Waals surface area contributed by atoms with Gasteiger partial charge in [-0.1, -0.05) is 44.2 Å². The van der Waals surface area contributed by atoms with Gasteiger partial charge in [0.2, 0.25) is 0 Å². The fraction of sp³-hybridized carbons (Fsp3) is 0.571. The molecule has 90 valence electrons. The summed E-state index contributed by atoms with van der Waals surface area (Å²) in [7, 11) is 0.